The third-order valence-electron chi connectivity index (χ3n) is 8.67. The Balaban J connectivity index is 1.34. The number of carbonyl (C=O) groups excluding carboxylic acids is 1. The van der Waals surface area contributed by atoms with Gasteiger partial charge < -0.3 is 24.6 Å². The highest BCUT2D eigenvalue weighted by molar-refractivity contribution is 5.91. The second-order valence-corrected chi connectivity index (χ2v) is 11.8. The summed E-state index contributed by atoms with van der Waals surface area (Å²) in [7, 11) is 1.67. The number of piperidine rings is 1. The van der Waals surface area contributed by atoms with Gasteiger partial charge in [-0.05, 0) is 85.0 Å². The summed E-state index contributed by atoms with van der Waals surface area (Å²) in [4.78, 5) is 26.0. The van der Waals surface area contributed by atoms with E-state index in [9.17, 15) is 9.18 Å². The molecule has 0 unspecified atom stereocenters. The van der Waals surface area contributed by atoms with Crippen LogP contribution in [0.4, 0.5) is 31.8 Å². The molecule has 2 aliphatic heterocycles. The van der Waals surface area contributed by atoms with Gasteiger partial charge in [-0.1, -0.05) is 12.6 Å². The van der Waals surface area contributed by atoms with Gasteiger partial charge in [0.05, 0.1) is 37.4 Å². The molecule has 8 nitrogen and oxygen atoms in total. The monoisotopic (exact) mass is 639 g/mol. The van der Waals surface area contributed by atoms with Crippen LogP contribution < -0.4 is 19.9 Å². The van der Waals surface area contributed by atoms with Gasteiger partial charge >= 0.3 is 0 Å². The van der Waals surface area contributed by atoms with E-state index in [0.29, 0.717) is 55.6 Å². The Kier molecular flexibility index (Phi) is 10.1. The first-order valence-electron chi connectivity index (χ1n) is 16.0. The zero-order valence-electron chi connectivity index (χ0n) is 26.6. The number of nitrogens with zero attached hydrogens (tertiary/aromatic N) is 4. The zero-order chi connectivity index (χ0) is 32.8. The van der Waals surface area contributed by atoms with Crippen molar-refractivity contribution in [2.75, 3.05) is 61.6 Å². The third kappa shape index (κ3) is 7.60. The minimum atomic E-state index is -0.484. The number of anilines is 4. The van der Waals surface area contributed by atoms with E-state index < -0.39 is 5.82 Å². The van der Waals surface area contributed by atoms with E-state index in [4.69, 9.17) is 14.5 Å². The van der Waals surface area contributed by atoms with Crippen molar-refractivity contribution >= 4 is 28.8 Å². The Morgan fingerprint density at radius 2 is 1.72 bits per heavy atom. The fourth-order valence-electron chi connectivity index (χ4n) is 6.18. The molecule has 1 aromatic heterocycles. The summed E-state index contributed by atoms with van der Waals surface area (Å²) in [5.41, 5.74) is 5.24. The molecule has 10 heteroatoms. The number of rotatable bonds is 11. The van der Waals surface area contributed by atoms with E-state index >= 15 is 4.39 Å². The summed E-state index contributed by atoms with van der Waals surface area (Å²) in [6, 6.07) is 15.7. The summed E-state index contributed by atoms with van der Waals surface area (Å²) in [6.07, 6.45) is 6.61. The van der Waals surface area contributed by atoms with Crippen LogP contribution in [0, 0.1) is 11.6 Å². The van der Waals surface area contributed by atoms with Gasteiger partial charge in [-0.2, -0.15) is 0 Å². The molecule has 1 N–H and O–H groups in total. The summed E-state index contributed by atoms with van der Waals surface area (Å²) in [5, 5.41) is 3.33. The molecule has 0 saturated carbocycles. The van der Waals surface area contributed by atoms with Gasteiger partial charge in [-0.15, -0.1) is 0 Å². The third-order valence-corrected chi connectivity index (χ3v) is 8.67. The lowest BCUT2D eigenvalue weighted by Crippen LogP contribution is -2.36. The lowest BCUT2D eigenvalue weighted by Gasteiger charge is -2.30. The molecule has 0 amide bonds. The summed E-state index contributed by atoms with van der Waals surface area (Å²) in [5.74, 6) is 0.0732. The van der Waals surface area contributed by atoms with Crippen molar-refractivity contribution in [1.82, 2.24) is 9.97 Å². The Labute approximate surface area is 274 Å². The molecular formula is C37H39F2N5O3. The minimum absolute atomic E-state index is 0.117. The van der Waals surface area contributed by atoms with Crippen LogP contribution in [-0.2, 0) is 22.4 Å². The van der Waals surface area contributed by atoms with Crippen LogP contribution in [0.25, 0.3) is 11.3 Å². The van der Waals surface area contributed by atoms with Crippen LogP contribution in [-0.4, -0.2) is 62.3 Å². The van der Waals surface area contributed by atoms with Crippen LogP contribution in [0.3, 0.4) is 0 Å². The average molecular weight is 640 g/mol. The molecule has 2 saturated heterocycles. The number of ether oxygens (including phenoxy) is 2. The highest BCUT2D eigenvalue weighted by atomic mass is 19.1. The lowest BCUT2D eigenvalue weighted by atomic mass is 9.97. The van der Waals surface area contributed by atoms with E-state index in [-0.39, 0.29) is 23.6 Å². The number of aromatic nitrogens is 2. The van der Waals surface area contributed by atoms with E-state index in [1.165, 1.54) is 18.6 Å². The number of halogens is 2. The molecule has 244 valence electrons. The summed E-state index contributed by atoms with van der Waals surface area (Å²) >= 11 is 0. The molecule has 0 aliphatic carbocycles. The quantitative estimate of drug-likeness (QED) is 0.178. The molecule has 0 atom stereocenters. The number of ketones is 1. The molecule has 4 aromatic rings. The molecule has 2 fully saturated rings. The first-order chi connectivity index (χ1) is 22.9. The van der Waals surface area contributed by atoms with Gasteiger partial charge in [0.15, 0.2) is 5.78 Å². The van der Waals surface area contributed by atoms with Gasteiger partial charge in [0, 0.05) is 62.0 Å². The number of benzene rings is 3. The van der Waals surface area contributed by atoms with Crippen LogP contribution in [0.2, 0.25) is 0 Å². The van der Waals surface area contributed by atoms with Crippen LogP contribution in [0.1, 0.15) is 36.0 Å². The number of methoxy groups -OCH3 is 1. The zero-order valence-corrected chi connectivity index (χ0v) is 26.6. The van der Waals surface area contributed by atoms with Crippen molar-refractivity contribution in [2.24, 2.45) is 0 Å². The molecule has 47 heavy (non-hydrogen) atoms. The smallest absolute Gasteiger partial charge is 0.227 e. The molecule has 0 spiro atoms. The molecule has 3 heterocycles. The Bertz CT molecular complexity index is 1750. The van der Waals surface area contributed by atoms with E-state index in [1.807, 2.05) is 29.2 Å². The maximum atomic E-state index is 15.3. The van der Waals surface area contributed by atoms with Gasteiger partial charge in [0.2, 0.25) is 5.95 Å². The first kappa shape index (κ1) is 32.1. The lowest BCUT2D eigenvalue weighted by molar-refractivity contribution is -0.114. The maximum Gasteiger partial charge on any atom is 0.227 e. The van der Waals surface area contributed by atoms with E-state index in [1.54, 1.807) is 37.6 Å². The standard InChI is InChI=1S/C37H39F2N5O3/c1-3-30(45)22-27-21-26(8-10-31(27)38)36-28(19-25-7-11-33(32(39)20-25)44-15-17-47-18-16-44)24-40-37(42-36)41-29-9-12-35(46-2)34(23-29)43-13-5-4-6-14-43/h3,7-12,20-21,23-24H,1,4-6,13-19,22H2,2H3,(H,40,41,42). The van der Waals surface area contributed by atoms with Crippen LogP contribution in [0.5, 0.6) is 5.75 Å². The molecule has 0 radical (unpaired) electrons. The molecule has 3 aromatic carbocycles. The Morgan fingerprint density at radius 1 is 0.936 bits per heavy atom. The number of allylic oxidation sites excluding steroid dienone is 1. The first-order valence-corrected chi connectivity index (χ1v) is 16.0. The molecular weight excluding hydrogens is 600 g/mol. The van der Waals surface area contributed by atoms with Crippen LogP contribution in [0.15, 0.2) is 73.4 Å². The largest absolute Gasteiger partial charge is 0.495 e. The van der Waals surface area contributed by atoms with Crippen molar-refractivity contribution in [3.63, 3.8) is 0 Å². The normalized spacial score (nSPS) is 15.0. The second-order valence-electron chi connectivity index (χ2n) is 11.8. The van der Waals surface area contributed by atoms with Crippen molar-refractivity contribution in [3.8, 4) is 17.0 Å². The molecule has 2 aliphatic rings. The number of nitrogens with one attached hydrogen (secondary N) is 1. The summed E-state index contributed by atoms with van der Waals surface area (Å²) < 4.78 is 41.2. The fourth-order valence-corrected chi connectivity index (χ4v) is 6.18. The Hall–Kier alpha value is -4.83. The number of hydrogen-bond donors (Lipinski definition) is 1. The van der Waals surface area contributed by atoms with Gasteiger partial charge in [-0.3, -0.25) is 4.79 Å². The second kappa shape index (κ2) is 14.7. The predicted octanol–water partition coefficient (Wildman–Crippen LogP) is 6.89. The average Bonchev–Trinajstić information content (AvgIpc) is 3.10. The van der Waals surface area contributed by atoms with Crippen molar-refractivity contribution in [3.05, 3.63) is 102 Å². The van der Waals surface area contributed by atoms with Crippen LogP contribution >= 0.6 is 0 Å². The summed E-state index contributed by atoms with van der Waals surface area (Å²) in [6.45, 7) is 7.85. The number of morpholine rings is 1. The fraction of sp³-hybridized carbons (Fsp3) is 0.324. The van der Waals surface area contributed by atoms with Gasteiger partial charge in [0.1, 0.15) is 17.4 Å². The predicted molar refractivity (Wildman–Crippen MR) is 181 cm³/mol. The molecule has 0 bridgehead atoms. The van der Waals surface area contributed by atoms with Gasteiger partial charge in [0.25, 0.3) is 0 Å². The highest BCUT2D eigenvalue weighted by Crippen LogP contribution is 2.35. The molecule has 6 rings (SSSR count). The minimum Gasteiger partial charge on any atom is -0.495 e. The van der Waals surface area contributed by atoms with Crippen molar-refractivity contribution in [1.29, 1.82) is 0 Å². The Morgan fingerprint density at radius 3 is 2.47 bits per heavy atom. The number of carbonyl (C=O) groups is 1. The van der Waals surface area contributed by atoms with E-state index in [0.717, 1.165) is 54.2 Å². The van der Waals surface area contributed by atoms with Crippen molar-refractivity contribution < 1.29 is 23.0 Å². The SMILES string of the molecule is C=CC(=O)Cc1cc(-c2nc(Nc3ccc(OC)c(N4CCCCC4)c3)ncc2Cc2ccc(N3CCOCC3)c(F)c2)ccc1F. The van der Waals surface area contributed by atoms with E-state index in [2.05, 4.69) is 21.8 Å². The number of hydrogen-bond acceptors (Lipinski definition) is 8. The van der Waals surface area contributed by atoms with Crippen molar-refractivity contribution in [2.45, 2.75) is 32.1 Å². The highest BCUT2D eigenvalue weighted by Gasteiger charge is 2.19. The van der Waals surface area contributed by atoms with Gasteiger partial charge in [-0.25, -0.2) is 18.7 Å². The maximum absolute atomic E-state index is 15.3. The topological polar surface area (TPSA) is 79.8 Å².